The van der Waals surface area contributed by atoms with Gasteiger partial charge >= 0.3 is 0 Å². The van der Waals surface area contributed by atoms with E-state index in [0.29, 0.717) is 28.9 Å². The lowest BCUT2D eigenvalue weighted by atomic mass is 9.93. The van der Waals surface area contributed by atoms with Crippen molar-refractivity contribution in [1.29, 1.82) is 0 Å². The molecule has 1 fully saturated rings. The molecule has 0 aliphatic heterocycles. The maximum atomic E-state index is 13.0. The molecule has 1 aliphatic rings. The Hall–Kier alpha value is -3.90. The molecule has 0 radical (unpaired) electrons. The van der Waals surface area contributed by atoms with Crippen LogP contribution in [0.2, 0.25) is 0 Å². The number of carboxylic acid groups (broad SMARTS) is 1. The average Bonchev–Trinajstić information content (AvgIpc) is 3.66. The fourth-order valence-corrected chi connectivity index (χ4v) is 4.92. The number of thiazole rings is 1. The molecule has 4 heterocycles. The molecule has 1 saturated carbocycles. The first-order valence-electron chi connectivity index (χ1n) is 11.6. The van der Waals surface area contributed by atoms with E-state index in [0.717, 1.165) is 42.9 Å². The fourth-order valence-electron chi connectivity index (χ4n) is 4.14. The highest BCUT2D eigenvalue weighted by Gasteiger charge is 2.25. The van der Waals surface area contributed by atoms with Gasteiger partial charge in [-0.15, -0.1) is 11.3 Å². The van der Waals surface area contributed by atoms with E-state index in [1.807, 2.05) is 36.0 Å². The summed E-state index contributed by atoms with van der Waals surface area (Å²) in [5.74, 6) is -0.280. The second-order valence-electron chi connectivity index (χ2n) is 8.06. The van der Waals surface area contributed by atoms with E-state index in [1.165, 1.54) is 11.3 Å². The second kappa shape index (κ2) is 12.2. The molecule has 0 saturated heterocycles. The molecule has 36 heavy (non-hydrogen) atoms. The van der Waals surface area contributed by atoms with Gasteiger partial charge in [0.1, 0.15) is 16.4 Å². The zero-order valence-electron chi connectivity index (χ0n) is 19.7. The number of ether oxygens (including phenoxy) is 1. The van der Waals surface area contributed by atoms with Gasteiger partial charge in [-0.05, 0) is 44.7 Å². The molecular weight excluding hydrogens is 482 g/mol. The molecule has 1 amide bonds. The van der Waals surface area contributed by atoms with Crippen molar-refractivity contribution in [2.45, 2.75) is 44.8 Å². The zero-order chi connectivity index (χ0) is 25.3. The van der Waals surface area contributed by atoms with Gasteiger partial charge in [0, 0.05) is 36.1 Å². The SMILES string of the molecule is CCO[C@H]1CC[C@H](n2cc(NC(=O)c3csc(-c4cn[nH]c4)n3)c(-c3ccccn3)n2)CC1.O=CO. The van der Waals surface area contributed by atoms with Crippen molar-refractivity contribution in [2.75, 3.05) is 11.9 Å². The van der Waals surface area contributed by atoms with Gasteiger partial charge in [0.05, 0.1) is 29.7 Å². The van der Waals surface area contributed by atoms with Gasteiger partial charge in [-0.3, -0.25) is 24.4 Å². The Balaban J connectivity index is 0.000000967. The number of nitrogens with one attached hydrogen (secondary N) is 2. The number of carbonyl (C=O) groups is 2. The number of nitrogens with zero attached hydrogens (tertiary/aromatic N) is 5. The molecule has 188 valence electrons. The first kappa shape index (κ1) is 25.2. The van der Waals surface area contributed by atoms with Crippen molar-refractivity contribution in [2.24, 2.45) is 0 Å². The van der Waals surface area contributed by atoms with Gasteiger partial charge in [-0.2, -0.15) is 10.2 Å². The summed E-state index contributed by atoms with van der Waals surface area (Å²) in [5, 5.41) is 23.9. The Morgan fingerprint density at radius 2 is 2.14 bits per heavy atom. The smallest absolute Gasteiger partial charge is 0.290 e. The third-order valence-corrected chi connectivity index (χ3v) is 6.68. The molecule has 0 atom stereocenters. The van der Waals surface area contributed by atoms with Crippen LogP contribution in [0.15, 0.2) is 48.4 Å². The van der Waals surface area contributed by atoms with E-state index in [9.17, 15) is 4.79 Å². The third-order valence-electron chi connectivity index (χ3n) is 5.79. The van der Waals surface area contributed by atoms with Crippen molar-refractivity contribution >= 4 is 29.4 Å². The van der Waals surface area contributed by atoms with E-state index in [1.54, 1.807) is 24.0 Å². The number of pyridine rings is 1. The van der Waals surface area contributed by atoms with E-state index in [4.69, 9.17) is 19.7 Å². The summed E-state index contributed by atoms with van der Waals surface area (Å²) < 4.78 is 7.76. The number of H-pyrrole nitrogens is 1. The van der Waals surface area contributed by atoms with Crippen LogP contribution in [0.5, 0.6) is 0 Å². The average molecular weight is 510 g/mol. The van der Waals surface area contributed by atoms with Crippen LogP contribution in [0, 0.1) is 0 Å². The van der Waals surface area contributed by atoms with Gasteiger partial charge in [0.15, 0.2) is 0 Å². The lowest BCUT2D eigenvalue weighted by molar-refractivity contribution is -0.122. The van der Waals surface area contributed by atoms with Crippen LogP contribution in [0.4, 0.5) is 5.69 Å². The Kier molecular flexibility index (Phi) is 8.53. The van der Waals surface area contributed by atoms with Crippen LogP contribution in [0.25, 0.3) is 22.0 Å². The molecule has 4 aromatic rings. The molecule has 11 nitrogen and oxygen atoms in total. The van der Waals surface area contributed by atoms with E-state index in [2.05, 4.69) is 25.5 Å². The number of aromatic amines is 1. The number of amides is 1. The van der Waals surface area contributed by atoms with Crippen LogP contribution in [-0.2, 0) is 9.53 Å². The van der Waals surface area contributed by atoms with Gasteiger partial charge < -0.3 is 15.2 Å². The fraction of sp³-hybridized carbons (Fsp3) is 0.333. The standard InChI is InChI=1S/C23H25N7O2S.CH2O2/c1-2-32-17-8-6-16(7-9-17)30-13-19(21(29-30)18-5-3-4-10-24-18)27-22(31)20-14-33-23(28-20)15-11-25-26-12-15;2-1-3/h3-5,10-14,16-17H,2,6-9H2,1H3,(H,25,26)(H,27,31);1H,(H,2,3)/t16-,17-;. The second-order valence-corrected chi connectivity index (χ2v) is 8.91. The Morgan fingerprint density at radius 3 is 2.81 bits per heavy atom. The van der Waals surface area contributed by atoms with E-state index < -0.39 is 0 Å². The summed E-state index contributed by atoms with van der Waals surface area (Å²) in [6.07, 6.45) is 11.4. The zero-order valence-corrected chi connectivity index (χ0v) is 20.5. The van der Waals surface area contributed by atoms with Gasteiger partial charge in [-0.1, -0.05) is 6.07 Å². The number of carbonyl (C=O) groups excluding carboxylic acids is 1. The topological polar surface area (TPSA) is 148 Å². The van der Waals surface area contributed by atoms with Crippen LogP contribution in [0.3, 0.4) is 0 Å². The third kappa shape index (κ3) is 6.01. The van der Waals surface area contributed by atoms with Crippen LogP contribution < -0.4 is 5.32 Å². The van der Waals surface area contributed by atoms with Crippen molar-refractivity contribution in [3.8, 4) is 22.0 Å². The van der Waals surface area contributed by atoms with Crippen LogP contribution in [0.1, 0.15) is 49.1 Å². The first-order chi connectivity index (χ1) is 17.6. The number of rotatable bonds is 7. The Labute approximate surface area is 211 Å². The summed E-state index contributed by atoms with van der Waals surface area (Å²) in [6.45, 7) is 2.53. The summed E-state index contributed by atoms with van der Waals surface area (Å²) in [5.41, 5.74) is 3.20. The van der Waals surface area contributed by atoms with Crippen LogP contribution in [-0.4, -0.2) is 60.1 Å². The van der Waals surface area contributed by atoms with Crippen molar-refractivity contribution < 1.29 is 19.4 Å². The number of hydrogen-bond acceptors (Lipinski definition) is 8. The minimum absolute atomic E-state index is 0.250. The summed E-state index contributed by atoms with van der Waals surface area (Å²) in [4.78, 5) is 30.3. The Bertz CT molecular complexity index is 1250. The number of anilines is 1. The van der Waals surface area contributed by atoms with Crippen LogP contribution >= 0.6 is 11.3 Å². The van der Waals surface area contributed by atoms with Crippen molar-refractivity contribution in [1.82, 2.24) is 29.9 Å². The molecule has 1 aliphatic carbocycles. The minimum atomic E-state index is -0.280. The van der Waals surface area contributed by atoms with Gasteiger partial charge in [-0.25, -0.2) is 4.98 Å². The Morgan fingerprint density at radius 1 is 1.33 bits per heavy atom. The highest BCUT2D eigenvalue weighted by Crippen LogP contribution is 2.33. The molecule has 3 N–H and O–H groups in total. The highest BCUT2D eigenvalue weighted by atomic mass is 32.1. The maximum Gasteiger partial charge on any atom is 0.290 e. The van der Waals surface area contributed by atoms with Crippen molar-refractivity contribution in [3.63, 3.8) is 0 Å². The van der Waals surface area contributed by atoms with E-state index >= 15 is 0 Å². The molecule has 0 unspecified atom stereocenters. The summed E-state index contributed by atoms with van der Waals surface area (Å²) in [6, 6.07) is 5.94. The predicted molar refractivity (Wildman–Crippen MR) is 135 cm³/mol. The number of aromatic nitrogens is 6. The number of hydrogen-bond donors (Lipinski definition) is 3. The summed E-state index contributed by atoms with van der Waals surface area (Å²) >= 11 is 1.40. The molecule has 0 bridgehead atoms. The molecule has 12 heteroatoms. The normalized spacial score (nSPS) is 17.1. The monoisotopic (exact) mass is 509 g/mol. The predicted octanol–water partition coefficient (Wildman–Crippen LogP) is 4.27. The quantitative estimate of drug-likeness (QED) is 0.313. The summed E-state index contributed by atoms with van der Waals surface area (Å²) in [7, 11) is 0. The first-order valence-corrected chi connectivity index (χ1v) is 12.5. The molecule has 5 rings (SSSR count). The highest BCUT2D eigenvalue weighted by molar-refractivity contribution is 7.13. The maximum absolute atomic E-state index is 13.0. The van der Waals surface area contributed by atoms with Gasteiger partial charge in [0.2, 0.25) is 0 Å². The lowest BCUT2D eigenvalue weighted by Crippen LogP contribution is -2.24. The molecular formula is C24H27N7O4S. The molecule has 4 aromatic heterocycles. The lowest BCUT2D eigenvalue weighted by Gasteiger charge is -2.28. The van der Waals surface area contributed by atoms with Crippen molar-refractivity contribution in [3.05, 3.63) is 54.1 Å². The molecule has 0 spiro atoms. The molecule has 0 aromatic carbocycles. The largest absolute Gasteiger partial charge is 0.483 e. The van der Waals surface area contributed by atoms with Gasteiger partial charge in [0.25, 0.3) is 12.4 Å². The van der Waals surface area contributed by atoms with E-state index in [-0.39, 0.29) is 18.4 Å². The minimum Gasteiger partial charge on any atom is -0.483 e.